The third-order valence-corrected chi connectivity index (χ3v) is 6.03. The van der Waals surface area contributed by atoms with Gasteiger partial charge < -0.3 is 4.74 Å². The van der Waals surface area contributed by atoms with Crippen LogP contribution in [0.1, 0.15) is 21.0 Å². The zero-order valence-corrected chi connectivity index (χ0v) is 11.9. The Balaban J connectivity index is 2.17. The molecule has 2 heterocycles. The third kappa shape index (κ3) is 2.23. The highest BCUT2D eigenvalue weighted by Gasteiger charge is 2.27. The van der Waals surface area contributed by atoms with Gasteiger partial charge in [-0.1, -0.05) is 15.9 Å². The topological polar surface area (TPSA) is 9.23 Å². The van der Waals surface area contributed by atoms with Crippen molar-refractivity contribution in [3.8, 4) is 0 Å². The Labute approximate surface area is 105 Å². The van der Waals surface area contributed by atoms with Crippen molar-refractivity contribution < 1.29 is 4.74 Å². The van der Waals surface area contributed by atoms with Crippen LogP contribution in [0.15, 0.2) is 10.5 Å². The quantitative estimate of drug-likeness (QED) is 0.730. The number of alkyl halides is 1. The number of ether oxygens (including phenoxy) is 1. The van der Waals surface area contributed by atoms with Gasteiger partial charge in [-0.15, -0.1) is 11.3 Å². The molecule has 1 fully saturated rings. The molecular formula is C10H12Br2OS. The van der Waals surface area contributed by atoms with Gasteiger partial charge in [-0.25, -0.2) is 0 Å². The zero-order valence-electron chi connectivity index (χ0n) is 7.93. The fourth-order valence-corrected chi connectivity index (χ4v) is 4.91. The molecule has 0 spiro atoms. The van der Waals surface area contributed by atoms with Crippen LogP contribution in [0.25, 0.3) is 0 Å². The standard InChI is InChI=1S/C10H12Br2OS/c1-6-4-8(11)10(14-6)9(12)7-2-3-13-5-7/h4,7,9H,2-3,5H2,1H3. The van der Waals surface area contributed by atoms with Crippen LogP contribution in [0.3, 0.4) is 0 Å². The molecule has 0 saturated carbocycles. The van der Waals surface area contributed by atoms with E-state index >= 15 is 0 Å². The minimum absolute atomic E-state index is 0.443. The maximum atomic E-state index is 5.41. The zero-order chi connectivity index (χ0) is 10.1. The minimum Gasteiger partial charge on any atom is -0.381 e. The summed E-state index contributed by atoms with van der Waals surface area (Å²) in [5, 5.41) is 0. The summed E-state index contributed by atoms with van der Waals surface area (Å²) in [6.45, 7) is 3.94. The molecule has 0 aliphatic carbocycles. The van der Waals surface area contributed by atoms with Crippen LogP contribution in [0.4, 0.5) is 0 Å². The lowest BCUT2D eigenvalue weighted by atomic mass is 10.0. The van der Waals surface area contributed by atoms with Gasteiger partial charge in [0.15, 0.2) is 0 Å². The Kier molecular flexibility index (Phi) is 3.68. The molecule has 0 radical (unpaired) electrons. The first-order valence-corrected chi connectivity index (χ1v) is 7.18. The Bertz CT molecular complexity index is 318. The number of halogens is 2. The van der Waals surface area contributed by atoms with E-state index in [1.165, 1.54) is 20.6 Å². The highest BCUT2D eigenvalue weighted by molar-refractivity contribution is 9.11. The molecule has 1 aliphatic heterocycles. The summed E-state index contributed by atoms with van der Waals surface area (Å²) in [5.74, 6) is 0.629. The highest BCUT2D eigenvalue weighted by atomic mass is 79.9. The molecule has 14 heavy (non-hydrogen) atoms. The average Bonchev–Trinajstić information content (AvgIpc) is 2.73. The average molecular weight is 340 g/mol. The molecule has 2 atom stereocenters. The first-order chi connectivity index (χ1) is 6.68. The largest absolute Gasteiger partial charge is 0.381 e. The van der Waals surface area contributed by atoms with Crippen molar-refractivity contribution >= 4 is 43.2 Å². The monoisotopic (exact) mass is 338 g/mol. The number of rotatable bonds is 2. The van der Waals surface area contributed by atoms with Gasteiger partial charge in [-0.3, -0.25) is 0 Å². The molecule has 1 aromatic heterocycles. The van der Waals surface area contributed by atoms with E-state index < -0.39 is 0 Å². The summed E-state index contributed by atoms with van der Waals surface area (Å²) >= 11 is 9.24. The van der Waals surface area contributed by atoms with Crippen molar-refractivity contribution in [1.82, 2.24) is 0 Å². The summed E-state index contributed by atoms with van der Waals surface area (Å²) in [5.41, 5.74) is 0. The molecule has 0 aromatic carbocycles. The number of hydrogen-bond acceptors (Lipinski definition) is 2. The lowest BCUT2D eigenvalue weighted by Crippen LogP contribution is -2.06. The van der Waals surface area contributed by atoms with Crippen LogP contribution in [0.2, 0.25) is 0 Å². The van der Waals surface area contributed by atoms with Crippen LogP contribution in [0, 0.1) is 12.8 Å². The summed E-state index contributed by atoms with van der Waals surface area (Å²) < 4.78 is 6.64. The van der Waals surface area contributed by atoms with Crippen molar-refractivity contribution in [3.63, 3.8) is 0 Å². The Morgan fingerprint density at radius 2 is 2.43 bits per heavy atom. The SMILES string of the molecule is Cc1cc(Br)c(C(Br)C2CCOC2)s1. The lowest BCUT2D eigenvalue weighted by molar-refractivity contribution is 0.186. The lowest BCUT2D eigenvalue weighted by Gasteiger charge is -2.14. The van der Waals surface area contributed by atoms with Gasteiger partial charge >= 0.3 is 0 Å². The van der Waals surface area contributed by atoms with Gasteiger partial charge in [0.1, 0.15) is 0 Å². The van der Waals surface area contributed by atoms with E-state index in [-0.39, 0.29) is 0 Å². The predicted molar refractivity (Wildman–Crippen MR) is 67.4 cm³/mol. The Morgan fingerprint density at radius 1 is 1.64 bits per heavy atom. The first-order valence-electron chi connectivity index (χ1n) is 4.66. The number of hydrogen-bond donors (Lipinski definition) is 0. The molecule has 0 N–H and O–H groups in total. The van der Waals surface area contributed by atoms with Crippen molar-refractivity contribution in [2.45, 2.75) is 18.2 Å². The molecule has 1 saturated heterocycles. The first kappa shape index (κ1) is 11.1. The van der Waals surface area contributed by atoms with Gasteiger partial charge in [-0.2, -0.15) is 0 Å². The molecule has 1 aliphatic rings. The number of thiophene rings is 1. The second-order valence-corrected chi connectivity index (χ2v) is 6.72. The minimum atomic E-state index is 0.443. The maximum Gasteiger partial charge on any atom is 0.0551 e. The molecule has 1 nitrogen and oxygen atoms in total. The van der Waals surface area contributed by atoms with E-state index in [0.29, 0.717) is 10.7 Å². The van der Waals surface area contributed by atoms with E-state index in [1.54, 1.807) is 0 Å². The molecule has 0 amide bonds. The third-order valence-electron chi connectivity index (χ3n) is 2.47. The molecule has 0 bridgehead atoms. The van der Waals surface area contributed by atoms with Gasteiger partial charge in [0, 0.05) is 26.8 Å². The van der Waals surface area contributed by atoms with E-state index in [0.717, 1.165) is 13.2 Å². The maximum absolute atomic E-state index is 5.41. The summed E-state index contributed by atoms with van der Waals surface area (Å²) in [6, 6.07) is 2.18. The van der Waals surface area contributed by atoms with Crippen molar-refractivity contribution in [2.75, 3.05) is 13.2 Å². The van der Waals surface area contributed by atoms with Crippen molar-refractivity contribution in [1.29, 1.82) is 0 Å². The Hall–Kier alpha value is 0.620. The molecule has 4 heteroatoms. The van der Waals surface area contributed by atoms with Crippen LogP contribution in [0.5, 0.6) is 0 Å². The molecule has 2 rings (SSSR count). The second kappa shape index (κ2) is 4.64. The van der Waals surface area contributed by atoms with E-state index in [9.17, 15) is 0 Å². The van der Waals surface area contributed by atoms with Crippen molar-refractivity contribution in [2.24, 2.45) is 5.92 Å². The van der Waals surface area contributed by atoms with Crippen LogP contribution in [-0.2, 0) is 4.74 Å². The molecule has 2 unspecified atom stereocenters. The smallest absolute Gasteiger partial charge is 0.0551 e. The number of aryl methyl sites for hydroxylation is 1. The van der Waals surface area contributed by atoms with Gasteiger partial charge in [0.25, 0.3) is 0 Å². The van der Waals surface area contributed by atoms with E-state index in [1.807, 2.05) is 11.3 Å². The van der Waals surface area contributed by atoms with Gasteiger partial charge in [0.2, 0.25) is 0 Å². The summed E-state index contributed by atoms with van der Waals surface area (Å²) in [4.78, 5) is 3.20. The van der Waals surface area contributed by atoms with Gasteiger partial charge in [-0.05, 0) is 35.3 Å². The fraction of sp³-hybridized carbons (Fsp3) is 0.600. The van der Waals surface area contributed by atoms with E-state index in [2.05, 4.69) is 44.8 Å². The molecule has 78 valence electrons. The van der Waals surface area contributed by atoms with E-state index in [4.69, 9.17) is 4.74 Å². The van der Waals surface area contributed by atoms with Crippen LogP contribution >= 0.6 is 43.2 Å². The summed E-state index contributed by atoms with van der Waals surface area (Å²) in [6.07, 6.45) is 1.17. The molecular weight excluding hydrogens is 328 g/mol. The normalized spacial score (nSPS) is 24.1. The van der Waals surface area contributed by atoms with Crippen LogP contribution < -0.4 is 0 Å². The predicted octanol–water partition coefficient (Wildman–Crippen LogP) is 4.29. The highest BCUT2D eigenvalue weighted by Crippen LogP contribution is 2.43. The second-order valence-electron chi connectivity index (χ2n) is 3.59. The fourth-order valence-electron chi connectivity index (χ4n) is 1.69. The van der Waals surface area contributed by atoms with Crippen molar-refractivity contribution in [3.05, 3.63) is 20.3 Å². The summed E-state index contributed by atoms with van der Waals surface area (Å²) in [7, 11) is 0. The van der Waals surface area contributed by atoms with Crippen LogP contribution in [-0.4, -0.2) is 13.2 Å². The molecule has 1 aromatic rings. The van der Waals surface area contributed by atoms with Gasteiger partial charge in [0.05, 0.1) is 11.4 Å². The Morgan fingerprint density at radius 3 is 2.93 bits per heavy atom.